The molecule has 0 aliphatic rings. The number of nitrogens with zero attached hydrogens (tertiary/aromatic N) is 2. The lowest BCUT2D eigenvalue weighted by Gasteiger charge is -1.99. The van der Waals surface area contributed by atoms with Crippen LogP contribution in [0.3, 0.4) is 0 Å². The van der Waals surface area contributed by atoms with Gasteiger partial charge in [-0.05, 0) is 13.3 Å². The molecule has 0 bridgehead atoms. The second-order valence-corrected chi connectivity index (χ2v) is 2.68. The van der Waals surface area contributed by atoms with Crippen molar-refractivity contribution in [3.8, 4) is 0 Å². The molecule has 0 radical (unpaired) electrons. The molecule has 0 fully saturated rings. The molecule has 0 aliphatic carbocycles. The smallest absolute Gasteiger partial charge is 0.255 e. The van der Waals surface area contributed by atoms with Gasteiger partial charge >= 0.3 is 0 Å². The van der Waals surface area contributed by atoms with Crippen molar-refractivity contribution < 1.29 is 9.63 Å². The normalized spacial score (nSPS) is 16.0. The predicted octanol–water partition coefficient (Wildman–Crippen LogP) is 0.533. The fourth-order valence-electron chi connectivity index (χ4n) is 0.750. The van der Waals surface area contributed by atoms with Crippen LogP contribution >= 0.6 is 0 Å². The maximum Gasteiger partial charge on any atom is 0.255 e. The van der Waals surface area contributed by atoms with Crippen LogP contribution in [0.2, 0.25) is 0 Å². The Morgan fingerprint density at radius 3 is 2.75 bits per heavy atom. The standard InChI is InChI=1S/C7H13N3O2/c1-3-5(8)6-9-7(4(2)11)12-10-6/h4-5,11H,3,8H2,1-2H3. The summed E-state index contributed by atoms with van der Waals surface area (Å²) in [7, 11) is 0. The van der Waals surface area contributed by atoms with E-state index >= 15 is 0 Å². The zero-order chi connectivity index (χ0) is 9.14. The highest BCUT2D eigenvalue weighted by Gasteiger charge is 2.14. The van der Waals surface area contributed by atoms with Gasteiger partial charge in [0.15, 0.2) is 5.82 Å². The Morgan fingerprint density at radius 2 is 2.33 bits per heavy atom. The Kier molecular flexibility index (Phi) is 2.78. The average Bonchev–Trinajstić information content (AvgIpc) is 2.51. The van der Waals surface area contributed by atoms with Gasteiger partial charge in [-0.15, -0.1) is 0 Å². The Hall–Kier alpha value is -0.940. The molecule has 2 unspecified atom stereocenters. The highest BCUT2D eigenvalue weighted by atomic mass is 16.5. The molecule has 0 amide bonds. The van der Waals surface area contributed by atoms with Gasteiger partial charge in [-0.2, -0.15) is 4.98 Å². The van der Waals surface area contributed by atoms with E-state index in [0.29, 0.717) is 5.82 Å². The zero-order valence-corrected chi connectivity index (χ0v) is 7.19. The lowest BCUT2D eigenvalue weighted by molar-refractivity contribution is 0.151. The molecule has 68 valence electrons. The first-order chi connectivity index (χ1) is 5.65. The zero-order valence-electron chi connectivity index (χ0n) is 7.19. The van der Waals surface area contributed by atoms with Crippen molar-refractivity contribution in [2.75, 3.05) is 0 Å². The summed E-state index contributed by atoms with van der Waals surface area (Å²) in [4.78, 5) is 3.93. The molecule has 0 saturated heterocycles. The van der Waals surface area contributed by atoms with Crippen LogP contribution in [0.4, 0.5) is 0 Å². The average molecular weight is 171 g/mol. The monoisotopic (exact) mass is 171 g/mol. The summed E-state index contributed by atoms with van der Waals surface area (Å²) < 4.78 is 4.76. The highest BCUT2D eigenvalue weighted by Crippen LogP contribution is 2.13. The minimum Gasteiger partial charge on any atom is -0.384 e. The topological polar surface area (TPSA) is 85.2 Å². The highest BCUT2D eigenvalue weighted by molar-refractivity contribution is 4.93. The molecule has 3 N–H and O–H groups in total. The summed E-state index contributed by atoms with van der Waals surface area (Å²) in [6, 6.07) is -0.207. The lowest BCUT2D eigenvalue weighted by Crippen LogP contribution is -2.10. The van der Waals surface area contributed by atoms with E-state index in [9.17, 15) is 0 Å². The fraction of sp³-hybridized carbons (Fsp3) is 0.714. The molecule has 5 heteroatoms. The number of nitrogens with two attached hydrogens (primary N) is 1. The summed E-state index contributed by atoms with van der Waals surface area (Å²) >= 11 is 0. The minimum absolute atomic E-state index is 0.207. The van der Waals surface area contributed by atoms with Crippen molar-refractivity contribution >= 4 is 0 Å². The van der Waals surface area contributed by atoms with Crippen LogP contribution in [0.25, 0.3) is 0 Å². The molecule has 0 aromatic carbocycles. The first-order valence-corrected chi connectivity index (χ1v) is 3.92. The van der Waals surface area contributed by atoms with E-state index in [2.05, 4.69) is 10.1 Å². The summed E-state index contributed by atoms with van der Waals surface area (Å²) in [6.07, 6.45) is 0.0222. The number of rotatable bonds is 3. The molecule has 0 spiro atoms. The van der Waals surface area contributed by atoms with Gasteiger partial charge in [0.1, 0.15) is 6.10 Å². The SMILES string of the molecule is CCC(N)c1noc(C(C)O)n1. The van der Waals surface area contributed by atoms with Crippen LogP contribution in [-0.4, -0.2) is 15.2 Å². The van der Waals surface area contributed by atoms with Crippen LogP contribution < -0.4 is 5.73 Å². The summed E-state index contributed by atoms with van der Waals surface area (Å²) in [5, 5.41) is 12.7. The largest absolute Gasteiger partial charge is 0.384 e. The Morgan fingerprint density at radius 1 is 1.67 bits per heavy atom. The Bertz CT molecular complexity index is 247. The van der Waals surface area contributed by atoms with E-state index in [4.69, 9.17) is 15.4 Å². The second kappa shape index (κ2) is 3.64. The Labute approximate surface area is 70.6 Å². The summed E-state index contributed by atoms with van der Waals surface area (Å²) in [6.45, 7) is 3.50. The molecule has 0 saturated carbocycles. The van der Waals surface area contributed by atoms with Crippen LogP contribution in [0.15, 0.2) is 4.52 Å². The van der Waals surface area contributed by atoms with Crippen LogP contribution in [-0.2, 0) is 0 Å². The maximum absolute atomic E-state index is 9.05. The molecule has 0 aliphatic heterocycles. The molecule has 1 heterocycles. The molecule has 2 atom stereocenters. The van der Waals surface area contributed by atoms with Crippen molar-refractivity contribution in [1.82, 2.24) is 10.1 Å². The molecule has 1 rings (SSSR count). The number of aliphatic hydroxyl groups is 1. The second-order valence-electron chi connectivity index (χ2n) is 2.68. The lowest BCUT2D eigenvalue weighted by atomic mass is 10.2. The van der Waals surface area contributed by atoms with Crippen molar-refractivity contribution in [3.05, 3.63) is 11.7 Å². The summed E-state index contributed by atoms with van der Waals surface area (Å²) in [5.74, 6) is 0.669. The van der Waals surface area contributed by atoms with Crippen molar-refractivity contribution in [2.24, 2.45) is 5.73 Å². The molecule has 12 heavy (non-hydrogen) atoms. The van der Waals surface area contributed by atoms with Crippen LogP contribution in [0.1, 0.15) is 44.1 Å². The number of aliphatic hydroxyl groups excluding tert-OH is 1. The van der Waals surface area contributed by atoms with Gasteiger partial charge in [-0.1, -0.05) is 12.1 Å². The maximum atomic E-state index is 9.05. The van der Waals surface area contributed by atoms with Gasteiger partial charge in [0.25, 0.3) is 5.89 Å². The first kappa shape index (κ1) is 9.15. The third-order valence-electron chi connectivity index (χ3n) is 1.59. The van der Waals surface area contributed by atoms with E-state index in [1.54, 1.807) is 6.92 Å². The van der Waals surface area contributed by atoms with Crippen LogP contribution in [0.5, 0.6) is 0 Å². The van der Waals surface area contributed by atoms with Crippen molar-refractivity contribution in [1.29, 1.82) is 0 Å². The molecule has 1 aromatic heterocycles. The Balaban J connectivity index is 2.77. The fourth-order valence-corrected chi connectivity index (χ4v) is 0.750. The van der Waals surface area contributed by atoms with E-state index in [1.807, 2.05) is 6.92 Å². The number of aromatic nitrogens is 2. The van der Waals surface area contributed by atoms with Crippen molar-refractivity contribution in [3.63, 3.8) is 0 Å². The van der Waals surface area contributed by atoms with Gasteiger partial charge in [0.2, 0.25) is 0 Å². The predicted molar refractivity (Wildman–Crippen MR) is 42.2 cm³/mol. The third kappa shape index (κ3) is 1.80. The van der Waals surface area contributed by atoms with Crippen LogP contribution in [0, 0.1) is 0 Å². The van der Waals surface area contributed by atoms with E-state index in [-0.39, 0.29) is 11.9 Å². The summed E-state index contributed by atoms with van der Waals surface area (Å²) in [5.41, 5.74) is 5.64. The van der Waals surface area contributed by atoms with Gasteiger partial charge < -0.3 is 15.4 Å². The van der Waals surface area contributed by atoms with Crippen molar-refractivity contribution in [2.45, 2.75) is 32.4 Å². The number of hydrogen-bond acceptors (Lipinski definition) is 5. The van der Waals surface area contributed by atoms with Gasteiger partial charge in [0, 0.05) is 0 Å². The van der Waals surface area contributed by atoms with Gasteiger partial charge in [0.05, 0.1) is 6.04 Å². The molecular weight excluding hydrogens is 158 g/mol. The van der Waals surface area contributed by atoms with E-state index in [0.717, 1.165) is 6.42 Å². The van der Waals surface area contributed by atoms with E-state index in [1.165, 1.54) is 0 Å². The number of hydrogen-bond donors (Lipinski definition) is 2. The minimum atomic E-state index is -0.727. The quantitative estimate of drug-likeness (QED) is 0.693. The third-order valence-corrected chi connectivity index (χ3v) is 1.59. The molecular formula is C7H13N3O2. The van der Waals surface area contributed by atoms with Gasteiger partial charge in [-0.3, -0.25) is 0 Å². The van der Waals surface area contributed by atoms with Gasteiger partial charge in [-0.25, -0.2) is 0 Å². The molecule has 5 nitrogen and oxygen atoms in total. The van der Waals surface area contributed by atoms with E-state index < -0.39 is 6.10 Å². The molecule has 1 aromatic rings. The first-order valence-electron chi connectivity index (χ1n) is 3.92.